The maximum atomic E-state index is 13.5. The van der Waals surface area contributed by atoms with Crippen molar-refractivity contribution in [3.63, 3.8) is 0 Å². The molecule has 1 N–H and O–H groups in total. The van der Waals surface area contributed by atoms with Gasteiger partial charge in [-0.3, -0.25) is 9.59 Å². The highest BCUT2D eigenvalue weighted by atomic mass is 16.6. The van der Waals surface area contributed by atoms with Gasteiger partial charge in [0.1, 0.15) is 19.0 Å². The molecular weight excluding hydrogens is 510 g/mol. The molecule has 3 aromatic carbocycles. The summed E-state index contributed by atoms with van der Waals surface area (Å²) in [6.07, 6.45) is 2.44. The highest BCUT2D eigenvalue weighted by molar-refractivity contribution is 6.46. The molecule has 0 bridgehead atoms. The third-order valence-corrected chi connectivity index (χ3v) is 7.10. The van der Waals surface area contributed by atoms with Gasteiger partial charge < -0.3 is 29.0 Å². The SMILES string of the molecule is CCCCOc1ccc(C2/C(=C(/O)c3ccc4c(c3)OCCO4)C(=O)C(=O)N2CCc2ccccc2)cc1OC. The van der Waals surface area contributed by atoms with Gasteiger partial charge in [0.15, 0.2) is 23.0 Å². The molecule has 1 amide bonds. The van der Waals surface area contributed by atoms with Crippen LogP contribution in [0.1, 0.15) is 42.5 Å². The Morgan fingerprint density at radius 2 is 1.75 bits per heavy atom. The fourth-order valence-electron chi connectivity index (χ4n) is 5.00. The van der Waals surface area contributed by atoms with Crippen molar-refractivity contribution in [2.45, 2.75) is 32.2 Å². The zero-order valence-electron chi connectivity index (χ0n) is 22.7. The van der Waals surface area contributed by atoms with Crippen molar-refractivity contribution >= 4 is 17.4 Å². The lowest BCUT2D eigenvalue weighted by Gasteiger charge is -2.26. The molecule has 5 rings (SSSR count). The molecule has 0 aliphatic carbocycles. The van der Waals surface area contributed by atoms with E-state index in [4.69, 9.17) is 18.9 Å². The molecule has 0 aromatic heterocycles. The van der Waals surface area contributed by atoms with Gasteiger partial charge in [0.25, 0.3) is 11.7 Å². The molecule has 208 valence electrons. The number of amides is 1. The Labute approximate surface area is 233 Å². The lowest BCUT2D eigenvalue weighted by atomic mass is 9.94. The lowest BCUT2D eigenvalue weighted by molar-refractivity contribution is -0.139. The van der Waals surface area contributed by atoms with Gasteiger partial charge >= 0.3 is 0 Å². The number of unbranched alkanes of at least 4 members (excludes halogenated alkanes) is 1. The molecule has 3 aromatic rings. The van der Waals surface area contributed by atoms with Crippen LogP contribution in [0.25, 0.3) is 5.76 Å². The van der Waals surface area contributed by atoms with Gasteiger partial charge in [-0.05, 0) is 54.3 Å². The Morgan fingerprint density at radius 3 is 2.50 bits per heavy atom. The molecule has 0 spiro atoms. The first kappa shape index (κ1) is 27.1. The largest absolute Gasteiger partial charge is 0.507 e. The average molecular weight is 544 g/mol. The van der Waals surface area contributed by atoms with Gasteiger partial charge in [0.05, 0.1) is 25.3 Å². The number of ketones is 1. The van der Waals surface area contributed by atoms with E-state index in [0.717, 1.165) is 18.4 Å². The van der Waals surface area contributed by atoms with Crippen LogP contribution in [0, 0.1) is 0 Å². The molecule has 1 fully saturated rings. The number of hydrogen-bond donors (Lipinski definition) is 1. The number of fused-ring (bicyclic) bond motifs is 1. The van der Waals surface area contributed by atoms with Gasteiger partial charge in [-0.15, -0.1) is 0 Å². The monoisotopic (exact) mass is 543 g/mol. The minimum Gasteiger partial charge on any atom is -0.507 e. The number of carbonyl (C=O) groups is 2. The van der Waals surface area contributed by atoms with E-state index in [-0.39, 0.29) is 17.9 Å². The molecule has 1 saturated heterocycles. The zero-order chi connectivity index (χ0) is 28.1. The van der Waals surface area contributed by atoms with Crippen LogP contribution >= 0.6 is 0 Å². The second kappa shape index (κ2) is 12.2. The van der Waals surface area contributed by atoms with Crippen molar-refractivity contribution in [3.8, 4) is 23.0 Å². The summed E-state index contributed by atoms with van der Waals surface area (Å²) in [5, 5.41) is 11.5. The Balaban J connectivity index is 1.57. The van der Waals surface area contributed by atoms with Crippen molar-refractivity contribution in [3.05, 3.63) is 89.0 Å². The second-order valence-electron chi connectivity index (χ2n) is 9.70. The standard InChI is InChI=1S/C32H33NO7/c1-3-4-16-38-24-12-10-22(19-26(24)37-2)29-28(30(34)23-11-13-25-27(20-23)40-18-17-39-25)31(35)32(36)33(29)15-14-21-8-6-5-7-9-21/h5-13,19-20,29,34H,3-4,14-18H2,1-2H3/b30-28-. The summed E-state index contributed by atoms with van der Waals surface area (Å²) in [5.41, 5.74) is 2.04. The molecule has 1 atom stereocenters. The fraction of sp³-hybridized carbons (Fsp3) is 0.312. The minimum atomic E-state index is -0.824. The van der Waals surface area contributed by atoms with E-state index in [1.807, 2.05) is 36.4 Å². The summed E-state index contributed by atoms with van der Waals surface area (Å²) in [7, 11) is 1.55. The van der Waals surface area contributed by atoms with E-state index < -0.39 is 17.7 Å². The van der Waals surface area contributed by atoms with Crippen molar-refractivity contribution in [2.24, 2.45) is 0 Å². The topological polar surface area (TPSA) is 94.5 Å². The quantitative estimate of drug-likeness (QED) is 0.160. The third kappa shape index (κ3) is 5.47. The van der Waals surface area contributed by atoms with E-state index >= 15 is 0 Å². The van der Waals surface area contributed by atoms with E-state index in [9.17, 15) is 14.7 Å². The summed E-state index contributed by atoms with van der Waals surface area (Å²) < 4.78 is 22.8. The number of likely N-dealkylation sites (tertiary alicyclic amines) is 1. The van der Waals surface area contributed by atoms with Gasteiger partial charge in [0.2, 0.25) is 0 Å². The van der Waals surface area contributed by atoms with Crippen LogP contribution in [0.5, 0.6) is 23.0 Å². The second-order valence-corrected chi connectivity index (χ2v) is 9.70. The molecule has 1 unspecified atom stereocenters. The normalized spacial score (nSPS) is 17.6. The van der Waals surface area contributed by atoms with E-state index in [2.05, 4.69) is 6.92 Å². The number of carbonyl (C=O) groups excluding carboxylic acids is 2. The summed E-state index contributed by atoms with van der Waals surface area (Å²) >= 11 is 0. The third-order valence-electron chi connectivity index (χ3n) is 7.10. The first-order valence-electron chi connectivity index (χ1n) is 13.5. The van der Waals surface area contributed by atoms with Crippen LogP contribution in [0.3, 0.4) is 0 Å². The van der Waals surface area contributed by atoms with E-state index in [1.165, 1.54) is 4.90 Å². The van der Waals surface area contributed by atoms with Crippen LogP contribution < -0.4 is 18.9 Å². The smallest absolute Gasteiger partial charge is 0.295 e. The van der Waals surface area contributed by atoms with Gasteiger partial charge in [0, 0.05) is 12.1 Å². The van der Waals surface area contributed by atoms with Gasteiger partial charge in [-0.25, -0.2) is 0 Å². The molecule has 2 heterocycles. The predicted octanol–water partition coefficient (Wildman–Crippen LogP) is 5.31. The van der Waals surface area contributed by atoms with Crippen LogP contribution in [0.4, 0.5) is 0 Å². The molecule has 40 heavy (non-hydrogen) atoms. The summed E-state index contributed by atoms with van der Waals surface area (Å²) in [6.45, 7) is 3.74. The molecule has 2 aliphatic heterocycles. The highest BCUT2D eigenvalue weighted by Crippen LogP contribution is 2.43. The van der Waals surface area contributed by atoms with Gasteiger partial charge in [-0.2, -0.15) is 0 Å². The number of methoxy groups -OCH3 is 1. The summed E-state index contributed by atoms with van der Waals surface area (Å²) in [6, 6.07) is 19.3. The zero-order valence-corrected chi connectivity index (χ0v) is 22.7. The number of rotatable bonds is 10. The average Bonchev–Trinajstić information content (AvgIpc) is 3.25. The number of Topliss-reactive ketones (excluding diaryl/α,β-unsaturated/α-hetero) is 1. The first-order chi connectivity index (χ1) is 19.5. The highest BCUT2D eigenvalue weighted by Gasteiger charge is 2.46. The Morgan fingerprint density at radius 1 is 0.975 bits per heavy atom. The number of nitrogens with zero attached hydrogens (tertiary/aromatic N) is 1. The molecule has 0 saturated carbocycles. The molecule has 8 heteroatoms. The maximum Gasteiger partial charge on any atom is 0.295 e. The molecule has 0 radical (unpaired) electrons. The Kier molecular flexibility index (Phi) is 8.24. The Bertz CT molecular complexity index is 1420. The van der Waals surface area contributed by atoms with Crippen LogP contribution in [0.15, 0.2) is 72.3 Å². The van der Waals surface area contributed by atoms with Crippen molar-refractivity contribution in [2.75, 3.05) is 33.5 Å². The van der Waals surface area contributed by atoms with Crippen LogP contribution in [0.2, 0.25) is 0 Å². The first-order valence-corrected chi connectivity index (χ1v) is 13.5. The Hall–Kier alpha value is -4.46. The number of ether oxygens (including phenoxy) is 4. The minimum absolute atomic E-state index is 0.0106. The molecule has 2 aliphatic rings. The van der Waals surface area contributed by atoms with Crippen molar-refractivity contribution in [1.29, 1.82) is 0 Å². The summed E-state index contributed by atoms with van der Waals surface area (Å²) in [4.78, 5) is 28.4. The van der Waals surface area contributed by atoms with Gasteiger partial charge in [-0.1, -0.05) is 49.7 Å². The van der Waals surface area contributed by atoms with Crippen LogP contribution in [-0.2, 0) is 16.0 Å². The van der Waals surface area contributed by atoms with E-state index in [1.54, 1.807) is 37.4 Å². The van der Waals surface area contributed by atoms with Crippen molar-refractivity contribution in [1.82, 2.24) is 4.90 Å². The van der Waals surface area contributed by atoms with Crippen molar-refractivity contribution < 1.29 is 33.6 Å². The van der Waals surface area contributed by atoms with E-state index in [0.29, 0.717) is 60.4 Å². The lowest BCUT2D eigenvalue weighted by Crippen LogP contribution is -2.31. The fourth-order valence-corrected chi connectivity index (χ4v) is 5.00. The molecular formula is C32H33NO7. The maximum absolute atomic E-state index is 13.5. The molecule has 8 nitrogen and oxygen atoms in total. The predicted molar refractivity (Wildman–Crippen MR) is 150 cm³/mol. The summed E-state index contributed by atoms with van der Waals surface area (Å²) in [5.74, 6) is 0.417. The number of aliphatic hydroxyl groups excluding tert-OH is 1. The number of hydrogen-bond acceptors (Lipinski definition) is 7. The van der Waals surface area contributed by atoms with Crippen LogP contribution in [-0.4, -0.2) is 55.2 Å². The number of aliphatic hydroxyl groups is 1. The number of benzene rings is 3.